The van der Waals surface area contributed by atoms with Crippen molar-refractivity contribution in [2.45, 2.75) is 40.0 Å². The van der Waals surface area contributed by atoms with E-state index < -0.39 is 17.9 Å². The largest absolute Gasteiger partial charge is 0.365 e. The van der Waals surface area contributed by atoms with E-state index in [4.69, 9.17) is 0 Å². The van der Waals surface area contributed by atoms with E-state index in [-0.39, 0.29) is 0 Å². The molecule has 0 N–H and O–H groups in total. The van der Waals surface area contributed by atoms with Gasteiger partial charge in [0.25, 0.3) is 0 Å². The third-order valence-electron chi connectivity index (χ3n) is 1.79. The zero-order valence-corrected chi connectivity index (χ0v) is 16.3. The Kier molecular flexibility index (Phi) is 27.9. The summed E-state index contributed by atoms with van der Waals surface area (Å²) in [6, 6.07) is 0. The van der Waals surface area contributed by atoms with E-state index >= 15 is 0 Å². The molecule has 0 aromatic heterocycles. The Morgan fingerprint density at radius 2 is 0.815 bits per heavy atom. The van der Waals surface area contributed by atoms with Gasteiger partial charge in [-0.15, -0.1) is 0 Å². The Bertz CT molecular complexity index is 357. The predicted molar refractivity (Wildman–Crippen MR) is 97.6 cm³/mol. The second kappa shape index (κ2) is 25.7. The van der Waals surface area contributed by atoms with Gasteiger partial charge in [0, 0.05) is 18.2 Å². The first-order valence-corrected chi connectivity index (χ1v) is 8.30. The highest BCUT2D eigenvalue weighted by Crippen LogP contribution is 1.85. The highest BCUT2D eigenvalue weighted by atomic mass is 17.2. The second-order valence-electron chi connectivity index (χ2n) is 4.29. The Morgan fingerprint density at radius 3 is 0.963 bits per heavy atom. The standard InChI is InChI=1S/3C6H10O3/c3*1-3-5-8-9-6(7)4-2/h3*4H,2-3,5H2,1H3. The van der Waals surface area contributed by atoms with Crippen molar-refractivity contribution in [2.75, 3.05) is 19.8 Å². The lowest BCUT2D eigenvalue weighted by Crippen LogP contribution is -2.01. The van der Waals surface area contributed by atoms with Crippen molar-refractivity contribution in [1.29, 1.82) is 0 Å². The summed E-state index contributed by atoms with van der Waals surface area (Å²) >= 11 is 0. The molecule has 0 aromatic carbocycles. The van der Waals surface area contributed by atoms with Crippen molar-refractivity contribution in [3.8, 4) is 0 Å². The molecule has 0 aromatic rings. The average Bonchev–Trinajstić information content (AvgIpc) is 2.69. The Balaban J connectivity index is -0.000000320. The fraction of sp³-hybridized carbons (Fsp3) is 0.500. The molecule has 0 heterocycles. The molecule has 0 amide bonds. The molecule has 0 aliphatic heterocycles. The van der Waals surface area contributed by atoms with Gasteiger partial charge in [0.05, 0.1) is 19.8 Å². The van der Waals surface area contributed by atoms with Gasteiger partial charge in [-0.25, -0.2) is 14.4 Å². The summed E-state index contributed by atoms with van der Waals surface area (Å²) in [7, 11) is 0. The summed E-state index contributed by atoms with van der Waals surface area (Å²) in [6.07, 6.45) is 5.63. The second-order valence-corrected chi connectivity index (χ2v) is 4.29. The molecular formula is C18H30O9. The lowest BCUT2D eigenvalue weighted by Gasteiger charge is -1.96. The van der Waals surface area contributed by atoms with Crippen LogP contribution in [-0.4, -0.2) is 37.7 Å². The van der Waals surface area contributed by atoms with Gasteiger partial charge in [0.2, 0.25) is 0 Å². The number of carbonyl (C=O) groups is 3. The molecule has 0 spiro atoms. The summed E-state index contributed by atoms with van der Waals surface area (Å²) in [6.45, 7) is 16.6. The smallest absolute Gasteiger partial charge is 0.294 e. The number of rotatable bonds is 12. The minimum absolute atomic E-state index is 0.430. The van der Waals surface area contributed by atoms with Crippen LogP contribution >= 0.6 is 0 Å². The van der Waals surface area contributed by atoms with E-state index in [9.17, 15) is 14.4 Å². The molecule has 156 valence electrons. The van der Waals surface area contributed by atoms with Crippen molar-refractivity contribution in [1.82, 2.24) is 0 Å². The van der Waals surface area contributed by atoms with Gasteiger partial charge >= 0.3 is 17.9 Å². The number of carbonyl (C=O) groups excluding carboxylic acids is 3. The highest BCUT2D eigenvalue weighted by molar-refractivity contribution is 5.81. The quantitative estimate of drug-likeness (QED) is 0.215. The van der Waals surface area contributed by atoms with Gasteiger partial charge < -0.3 is 0 Å². The van der Waals surface area contributed by atoms with E-state index in [1.807, 2.05) is 20.8 Å². The van der Waals surface area contributed by atoms with Crippen molar-refractivity contribution in [2.24, 2.45) is 0 Å². The van der Waals surface area contributed by atoms with Gasteiger partial charge in [-0.3, -0.25) is 14.7 Å². The van der Waals surface area contributed by atoms with Gasteiger partial charge in [0.15, 0.2) is 0 Å². The fourth-order valence-corrected chi connectivity index (χ4v) is 0.651. The zero-order valence-electron chi connectivity index (χ0n) is 16.3. The molecule has 0 saturated carbocycles. The monoisotopic (exact) mass is 390 g/mol. The van der Waals surface area contributed by atoms with Crippen LogP contribution in [0.2, 0.25) is 0 Å². The lowest BCUT2D eigenvalue weighted by molar-refractivity contribution is -0.267. The minimum atomic E-state index is -0.552. The molecule has 0 aliphatic carbocycles. The van der Waals surface area contributed by atoms with E-state index in [0.717, 1.165) is 37.5 Å². The lowest BCUT2D eigenvalue weighted by atomic mass is 10.5. The van der Waals surface area contributed by atoms with E-state index in [1.165, 1.54) is 0 Å². The van der Waals surface area contributed by atoms with Crippen LogP contribution in [-0.2, 0) is 43.7 Å². The SMILES string of the molecule is C=CC(=O)OOCCC.C=CC(=O)OOCCC.C=CC(=O)OOCCC. The average molecular weight is 390 g/mol. The molecular weight excluding hydrogens is 360 g/mol. The third kappa shape index (κ3) is 31.7. The summed E-state index contributed by atoms with van der Waals surface area (Å²) in [5, 5.41) is 0. The predicted octanol–water partition coefficient (Wildman–Crippen LogP) is 3.17. The molecule has 0 bridgehead atoms. The number of hydrogen-bond acceptors (Lipinski definition) is 9. The van der Waals surface area contributed by atoms with Gasteiger partial charge in [-0.2, -0.15) is 14.7 Å². The van der Waals surface area contributed by atoms with Crippen LogP contribution in [0.4, 0.5) is 0 Å². The molecule has 27 heavy (non-hydrogen) atoms. The highest BCUT2D eigenvalue weighted by Gasteiger charge is 1.94. The van der Waals surface area contributed by atoms with Gasteiger partial charge in [0.1, 0.15) is 0 Å². The van der Waals surface area contributed by atoms with Gasteiger partial charge in [-0.1, -0.05) is 40.5 Å². The van der Waals surface area contributed by atoms with E-state index in [2.05, 4.69) is 49.1 Å². The van der Waals surface area contributed by atoms with Crippen molar-refractivity contribution in [3.05, 3.63) is 38.0 Å². The summed E-state index contributed by atoms with van der Waals surface area (Å²) in [5.74, 6) is -1.66. The van der Waals surface area contributed by atoms with Crippen molar-refractivity contribution >= 4 is 17.9 Å². The molecule has 0 radical (unpaired) electrons. The Labute approximate surface area is 160 Å². The molecule has 0 aliphatic rings. The maximum Gasteiger partial charge on any atom is 0.365 e. The van der Waals surface area contributed by atoms with Crippen molar-refractivity contribution in [3.63, 3.8) is 0 Å². The molecule has 0 unspecified atom stereocenters. The fourth-order valence-electron chi connectivity index (χ4n) is 0.651. The first kappa shape index (κ1) is 29.3. The zero-order chi connectivity index (χ0) is 21.3. The van der Waals surface area contributed by atoms with Crippen LogP contribution in [0.25, 0.3) is 0 Å². The maximum atomic E-state index is 10.2. The molecule has 0 fully saturated rings. The molecule has 0 saturated heterocycles. The van der Waals surface area contributed by atoms with Crippen LogP contribution in [0.1, 0.15) is 40.0 Å². The molecule has 9 nitrogen and oxygen atoms in total. The minimum Gasteiger partial charge on any atom is -0.294 e. The summed E-state index contributed by atoms with van der Waals surface area (Å²) < 4.78 is 0. The van der Waals surface area contributed by atoms with Crippen LogP contribution in [0.3, 0.4) is 0 Å². The van der Waals surface area contributed by atoms with Crippen LogP contribution < -0.4 is 0 Å². The van der Waals surface area contributed by atoms with Gasteiger partial charge in [-0.05, 0) is 19.3 Å². The normalized spacial score (nSPS) is 8.56. The summed E-state index contributed by atoms with van der Waals surface area (Å²) in [5.41, 5.74) is 0. The third-order valence-corrected chi connectivity index (χ3v) is 1.79. The Morgan fingerprint density at radius 1 is 0.593 bits per heavy atom. The first-order chi connectivity index (χ1) is 12.9. The van der Waals surface area contributed by atoms with E-state index in [0.29, 0.717) is 19.8 Å². The maximum absolute atomic E-state index is 10.2. The molecule has 0 atom stereocenters. The molecule has 9 heteroatoms. The van der Waals surface area contributed by atoms with Crippen LogP contribution in [0.15, 0.2) is 38.0 Å². The molecule has 0 rings (SSSR count). The first-order valence-electron chi connectivity index (χ1n) is 8.30. The van der Waals surface area contributed by atoms with Crippen molar-refractivity contribution < 1.29 is 43.7 Å². The topological polar surface area (TPSA) is 107 Å². The van der Waals surface area contributed by atoms with Crippen LogP contribution in [0.5, 0.6) is 0 Å². The summed E-state index contributed by atoms with van der Waals surface area (Å²) in [4.78, 5) is 56.4. The van der Waals surface area contributed by atoms with E-state index in [1.54, 1.807) is 0 Å². The van der Waals surface area contributed by atoms with Crippen LogP contribution in [0, 0.1) is 0 Å². The number of hydrogen-bond donors (Lipinski definition) is 0. The Hall–Kier alpha value is -2.49.